The van der Waals surface area contributed by atoms with Crippen molar-refractivity contribution in [2.24, 2.45) is 0 Å². The molecule has 164 valence electrons. The van der Waals surface area contributed by atoms with E-state index in [1.807, 2.05) is 18.2 Å². The number of amides is 1. The zero-order valence-electron chi connectivity index (χ0n) is 17.5. The normalized spacial score (nSPS) is 10.7. The fourth-order valence-corrected chi connectivity index (χ4v) is 4.31. The number of nitrogens with zero attached hydrogens (tertiary/aromatic N) is 4. The standard InChI is InChI=1S/C25H19FN4O2S/c26-20-12-5-7-14-22(20)30-24(32)19-11-4-6-13-21(19)28-25(30)33-17-23(31)29(16-8-15-27)18-9-2-1-3-10-18/h1-7,9-14H,8,16-17H2. The first-order chi connectivity index (χ1) is 16.1. The SMILES string of the molecule is N#CCCN(C(=O)CSc1nc2ccccc2c(=O)n1-c1ccccc1F)c1ccccc1. The maximum Gasteiger partial charge on any atom is 0.266 e. The first kappa shape index (κ1) is 22.2. The Bertz CT molecular complexity index is 1400. The summed E-state index contributed by atoms with van der Waals surface area (Å²) < 4.78 is 15.8. The third-order valence-electron chi connectivity index (χ3n) is 4.98. The van der Waals surface area contributed by atoms with E-state index in [1.165, 1.54) is 21.6 Å². The molecule has 0 aliphatic carbocycles. The number of hydrogen-bond acceptors (Lipinski definition) is 5. The van der Waals surface area contributed by atoms with Gasteiger partial charge in [0.05, 0.1) is 34.8 Å². The number of rotatable bonds is 7. The quantitative estimate of drug-likeness (QED) is 0.300. The van der Waals surface area contributed by atoms with Gasteiger partial charge >= 0.3 is 0 Å². The largest absolute Gasteiger partial charge is 0.311 e. The van der Waals surface area contributed by atoms with Gasteiger partial charge in [0, 0.05) is 12.2 Å². The summed E-state index contributed by atoms with van der Waals surface area (Å²) >= 11 is 1.06. The fraction of sp³-hybridized carbons (Fsp3) is 0.120. The van der Waals surface area contributed by atoms with Gasteiger partial charge in [-0.05, 0) is 36.4 Å². The summed E-state index contributed by atoms with van der Waals surface area (Å²) in [6.45, 7) is 0.241. The van der Waals surface area contributed by atoms with Crippen molar-refractivity contribution in [3.05, 3.63) is 95.0 Å². The molecule has 0 unspecified atom stereocenters. The van der Waals surface area contributed by atoms with Crippen LogP contribution in [-0.2, 0) is 4.79 Å². The number of carbonyl (C=O) groups is 1. The Labute approximate surface area is 193 Å². The molecule has 4 rings (SSSR count). The Morgan fingerprint density at radius 3 is 2.48 bits per heavy atom. The Morgan fingerprint density at radius 2 is 1.73 bits per heavy atom. The van der Waals surface area contributed by atoms with Crippen LogP contribution in [0.4, 0.5) is 10.1 Å². The number of nitriles is 1. The van der Waals surface area contributed by atoms with Crippen molar-refractivity contribution in [1.82, 2.24) is 9.55 Å². The fourth-order valence-electron chi connectivity index (χ4n) is 3.43. The van der Waals surface area contributed by atoms with Crippen molar-refractivity contribution >= 4 is 34.3 Å². The van der Waals surface area contributed by atoms with Gasteiger partial charge in [-0.2, -0.15) is 5.26 Å². The van der Waals surface area contributed by atoms with Gasteiger partial charge < -0.3 is 4.90 Å². The molecule has 3 aromatic carbocycles. The number of halogens is 1. The molecule has 0 bridgehead atoms. The average Bonchev–Trinajstić information content (AvgIpc) is 2.84. The van der Waals surface area contributed by atoms with Crippen LogP contribution < -0.4 is 10.5 Å². The zero-order valence-corrected chi connectivity index (χ0v) is 18.3. The second-order valence-corrected chi connectivity index (χ2v) is 8.02. The first-order valence-corrected chi connectivity index (χ1v) is 11.2. The molecule has 33 heavy (non-hydrogen) atoms. The number of anilines is 1. The summed E-state index contributed by atoms with van der Waals surface area (Å²) in [5.74, 6) is -0.853. The topological polar surface area (TPSA) is 79.0 Å². The van der Waals surface area contributed by atoms with Gasteiger partial charge in [0.2, 0.25) is 5.91 Å². The van der Waals surface area contributed by atoms with Crippen LogP contribution in [-0.4, -0.2) is 27.8 Å². The van der Waals surface area contributed by atoms with Crippen LogP contribution in [0.25, 0.3) is 16.6 Å². The maximum atomic E-state index is 14.6. The molecule has 0 N–H and O–H groups in total. The Balaban J connectivity index is 1.72. The maximum absolute atomic E-state index is 14.6. The second kappa shape index (κ2) is 10.1. The third kappa shape index (κ3) is 4.78. The molecule has 6 nitrogen and oxygen atoms in total. The van der Waals surface area contributed by atoms with Crippen molar-refractivity contribution in [3.63, 3.8) is 0 Å². The van der Waals surface area contributed by atoms with E-state index >= 15 is 0 Å². The Hall–Kier alpha value is -3.96. The van der Waals surface area contributed by atoms with Crippen LogP contribution in [0.5, 0.6) is 0 Å². The molecule has 0 spiro atoms. The molecule has 8 heteroatoms. The lowest BCUT2D eigenvalue weighted by molar-refractivity contribution is -0.116. The molecule has 0 saturated heterocycles. The number of benzene rings is 3. The van der Waals surface area contributed by atoms with Crippen LogP contribution in [0.15, 0.2) is 88.8 Å². The molecule has 4 aromatic rings. The smallest absolute Gasteiger partial charge is 0.266 e. The van der Waals surface area contributed by atoms with Crippen LogP contribution in [0, 0.1) is 17.1 Å². The molecular weight excluding hydrogens is 439 g/mol. The van der Waals surface area contributed by atoms with E-state index in [2.05, 4.69) is 11.1 Å². The van der Waals surface area contributed by atoms with Crippen LogP contribution in [0.1, 0.15) is 6.42 Å². The Morgan fingerprint density at radius 1 is 1.03 bits per heavy atom. The number of hydrogen-bond donors (Lipinski definition) is 0. The molecule has 0 fully saturated rings. The van der Waals surface area contributed by atoms with Crippen LogP contribution in [0.3, 0.4) is 0 Å². The average molecular weight is 459 g/mol. The summed E-state index contributed by atoms with van der Waals surface area (Å²) in [5.41, 5.74) is 0.802. The number of fused-ring (bicyclic) bond motifs is 1. The summed E-state index contributed by atoms with van der Waals surface area (Å²) in [7, 11) is 0. The van der Waals surface area contributed by atoms with Crippen molar-refractivity contribution < 1.29 is 9.18 Å². The minimum Gasteiger partial charge on any atom is -0.311 e. The lowest BCUT2D eigenvalue weighted by Crippen LogP contribution is -2.33. The van der Waals surface area contributed by atoms with Crippen molar-refractivity contribution in [1.29, 1.82) is 5.26 Å². The molecule has 1 heterocycles. The van der Waals surface area contributed by atoms with E-state index in [-0.39, 0.29) is 35.5 Å². The van der Waals surface area contributed by atoms with Crippen LogP contribution >= 0.6 is 11.8 Å². The molecule has 1 aromatic heterocycles. The summed E-state index contributed by atoms with van der Waals surface area (Å²) in [6.07, 6.45) is 0.180. The minimum atomic E-state index is -0.565. The third-order valence-corrected chi connectivity index (χ3v) is 5.90. The van der Waals surface area contributed by atoms with E-state index in [0.717, 1.165) is 11.8 Å². The highest BCUT2D eigenvalue weighted by Gasteiger charge is 2.20. The molecule has 0 atom stereocenters. The molecule has 0 aliphatic heterocycles. The summed E-state index contributed by atoms with van der Waals surface area (Å²) in [4.78, 5) is 32.4. The van der Waals surface area contributed by atoms with Gasteiger partial charge in [-0.3, -0.25) is 14.2 Å². The number of aromatic nitrogens is 2. The van der Waals surface area contributed by atoms with E-state index in [4.69, 9.17) is 5.26 Å². The van der Waals surface area contributed by atoms with E-state index in [1.54, 1.807) is 48.5 Å². The van der Waals surface area contributed by atoms with Gasteiger partial charge in [0.15, 0.2) is 5.16 Å². The van der Waals surface area contributed by atoms with E-state index < -0.39 is 11.4 Å². The lowest BCUT2D eigenvalue weighted by Gasteiger charge is -2.22. The van der Waals surface area contributed by atoms with Crippen molar-refractivity contribution in [3.8, 4) is 11.8 Å². The predicted octanol–water partition coefficient (Wildman–Crippen LogP) is 4.56. The van der Waals surface area contributed by atoms with Gasteiger partial charge in [-0.1, -0.05) is 54.2 Å². The van der Waals surface area contributed by atoms with Gasteiger partial charge in [-0.15, -0.1) is 0 Å². The number of thioether (sulfide) groups is 1. The van der Waals surface area contributed by atoms with Crippen molar-refractivity contribution in [2.45, 2.75) is 11.6 Å². The zero-order chi connectivity index (χ0) is 23.2. The van der Waals surface area contributed by atoms with E-state index in [0.29, 0.717) is 16.6 Å². The van der Waals surface area contributed by atoms with Gasteiger partial charge in [0.25, 0.3) is 5.56 Å². The highest BCUT2D eigenvalue weighted by atomic mass is 32.2. The summed E-state index contributed by atoms with van der Waals surface area (Å²) in [5, 5.41) is 9.57. The monoisotopic (exact) mass is 458 g/mol. The van der Waals surface area contributed by atoms with Crippen molar-refractivity contribution in [2.75, 3.05) is 17.2 Å². The number of para-hydroxylation sites is 3. The summed E-state index contributed by atoms with van der Waals surface area (Å²) in [6, 6.07) is 23.9. The highest BCUT2D eigenvalue weighted by molar-refractivity contribution is 7.99. The highest BCUT2D eigenvalue weighted by Crippen LogP contribution is 2.24. The predicted molar refractivity (Wildman–Crippen MR) is 127 cm³/mol. The lowest BCUT2D eigenvalue weighted by atomic mass is 10.2. The molecule has 0 aliphatic rings. The van der Waals surface area contributed by atoms with Crippen LogP contribution in [0.2, 0.25) is 0 Å². The molecule has 0 saturated carbocycles. The molecular formula is C25H19FN4O2S. The minimum absolute atomic E-state index is 0.0421. The number of carbonyl (C=O) groups excluding carboxylic acids is 1. The molecule has 0 radical (unpaired) electrons. The second-order valence-electron chi connectivity index (χ2n) is 7.08. The van der Waals surface area contributed by atoms with Gasteiger partial charge in [-0.25, -0.2) is 9.37 Å². The first-order valence-electron chi connectivity index (χ1n) is 10.2. The Kier molecular flexibility index (Phi) is 6.81. The van der Waals surface area contributed by atoms with E-state index in [9.17, 15) is 14.0 Å². The molecule has 1 amide bonds. The van der Waals surface area contributed by atoms with Gasteiger partial charge in [0.1, 0.15) is 5.82 Å².